The Hall–Kier alpha value is -2.13. The first-order valence-corrected chi connectivity index (χ1v) is 7.54. The number of halogens is 1. The third-order valence-electron chi connectivity index (χ3n) is 3.51. The van der Waals surface area contributed by atoms with E-state index in [0.29, 0.717) is 11.5 Å². The molecule has 1 N–H and O–H groups in total. The maximum absolute atomic E-state index is 9.24. The van der Waals surface area contributed by atoms with Crippen LogP contribution in [0.4, 0.5) is 11.6 Å². The van der Waals surface area contributed by atoms with Gasteiger partial charge in [-0.15, -0.1) is 0 Å². The molecule has 0 bridgehead atoms. The fourth-order valence-electron chi connectivity index (χ4n) is 2.51. The summed E-state index contributed by atoms with van der Waals surface area (Å²) < 4.78 is 0.985. The van der Waals surface area contributed by atoms with Crippen molar-refractivity contribution in [2.45, 2.75) is 12.5 Å². The van der Waals surface area contributed by atoms with Gasteiger partial charge in [0.1, 0.15) is 6.07 Å². The monoisotopic (exact) mass is 343 g/mol. The van der Waals surface area contributed by atoms with Crippen molar-refractivity contribution in [3.63, 3.8) is 0 Å². The number of rotatable bonds is 3. The molecule has 0 saturated carbocycles. The van der Waals surface area contributed by atoms with Crippen LogP contribution in [0, 0.1) is 11.3 Å². The second kappa shape index (κ2) is 6.10. The van der Waals surface area contributed by atoms with Crippen LogP contribution in [-0.4, -0.2) is 29.1 Å². The van der Waals surface area contributed by atoms with Crippen molar-refractivity contribution >= 4 is 27.6 Å². The molecular formula is C15H14BrN5. The molecule has 5 nitrogen and oxygen atoms in total. The summed E-state index contributed by atoms with van der Waals surface area (Å²) in [6.07, 6.45) is 4.45. The van der Waals surface area contributed by atoms with Crippen molar-refractivity contribution in [3.8, 4) is 6.07 Å². The van der Waals surface area contributed by atoms with E-state index in [-0.39, 0.29) is 6.04 Å². The van der Waals surface area contributed by atoms with E-state index < -0.39 is 0 Å². The Morgan fingerprint density at radius 3 is 2.90 bits per heavy atom. The van der Waals surface area contributed by atoms with Gasteiger partial charge in [0.05, 0.1) is 11.3 Å². The Kier molecular flexibility index (Phi) is 4.02. The van der Waals surface area contributed by atoms with E-state index in [4.69, 9.17) is 0 Å². The highest BCUT2D eigenvalue weighted by molar-refractivity contribution is 9.10. The van der Waals surface area contributed by atoms with Crippen LogP contribution in [0.25, 0.3) is 0 Å². The molecule has 1 fully saturated rings. The molecule has 0 radical (unpaired) electrons. The Morgan fingerprint density at radius 1 is 1.33 bits per heavy atom. The van der Waals surface area contributed by atoms with E-state index in [0.717, 1.165) is 29.7 Å². The summed E-state index contributed by atoms with van der Waals surface area (Å²) >= 11 is 3.47. The lowest BCUT2D eigenvalue weighted by atomic mass is 10.2. The summed E-state index contributed by atoms with van der Waals surface area (Å²) in [5.41, 5.74) is 1.68. The number of nitrogens with zero attached hydrogens (tertiary/aromatic N) is 4. The topological polar surface area (TPSA) is 64.8 Å². The third-order valence-corrected chi connectivity index (χ3v) is 4.00. The second-order valence-electron chi connectivity index (χ2n) is 4.92. The Labute approximate surface area is 131 Å². The molecule has 1 aliphatic heterocycles. The van der Waals surface area contributed by atoms with Gasteiger partial charge in [0.15, 0.2) is 0 Å². The standard InChI is InChI=1S/C15H14BrN5/c16-12-3-2-11(9-17)14(8-12)21-7-4-13(10-21)20-15-18-5-1-6-19-15/h1-3,5-6,8,13H,4,7,10H2,(H,18,19,20). The van der Waals surface area contributed by atoms with Crippen LogP contribution < -0.4 is 10.2 Å². The van der Waals surface area contributed by atoms with Gasteiger partial charge in [-0.05, 0) is 30.7 Å². The van der Waals surface area contributed by atoms with E-state index in [1.54, 1.807) is 18.5 Å². The summed E-state index contributed by atoms with van der Waals surface area (Å²) in [6, 6.07) is 10.1. The molecule has 0 spiro atoms. The summed E-state index contributed by atoms with van der Waals surface area (Å²) in [5, 5.41) is 12.6. The van der Waals surface area contributed by atoms with Crippen molar-refractivity contribution in [2.75, 3.05) is 23.3 Å². The number of hydrogen-bond acceptors (Lipinski definition) is 5. The van der Waals surface area contributed by atoms with Crippen molar-refractivity contribution in [1.82, 2.24) is 9.97 Å². The van der Waals surface area contributed by atoms with E-state index in [9.17, 15) is 5.26 Å². The van der Waals surface area contributed by atoms with E-state index in [1.807, 2.05) is 18.2 Å². The largest absolute Gasteiger partial charge is 0.368 e. The fraction of sp³-hybridized carbons (Fsp3) is 0.267. The van der Waals surface area contributed by atoms with Crippen LogP contribution in [0.1, 0.15) is 12.0 Å². The maximum atomic E-state index is 9.24. The highest BCUT2D eigenvalue weighted by Crippen LogP contribution is 2.28. The van der Waals surface area contributed by atoms with Gasteiger partial charge >= 0.3 is 0 Å². The number of hydrogen-bond donors (Lipinski definition) is 1. The van der Waals surface area contributed by atoms with Crippen LogP contribution in [0.3, 0.4) is 0 Å². The lowest BCUT2D eigenvalue weighted by Crippen LogP contribution is -2.27. The van der Waals surface area contributed by atoms with Gasteiger partial charge in [-0.1, -0.05) is 15.9 Å². The van der Waals surface area contributed by atoms with Gasteiger partial charge in [0, 0.05) is 36.0 Å². The average Bonchev–Trinajstić information content (AvgIpc) is 2.96. The summed E-state index contributed by atoms with van der Waals surface area (Å²) in [6.45, 7) is 1.75. The normalized spacial score (nSPS) is 17.5. The summed E-state index contributed by atoms with van der Waals surface area (Å²) in [7, 11) is 0. The fourth-order valence-corrected chi connectivity index (χ4v) is 2.86. The first kappa shape index (κ1) is 13.8. The molecule has 1 aliphatic rings. The van der Waals surface area contributed by atoms with Crippen LogP contribution in [0.5, 0.6) is 0 Å². The number of nitrogens with one attached hydrogen (secondary N) is 1. The van der Waals surface area contributed by atoms with Gasteiger partial charge in [0.2, 0.25) is 5.95 Å². The first-order valence-electron chi connectivity index (χ1n) is 6.74. The molecule has 1 unspecified atom stereocenters. The maximum Gasteiger partial charge on any atom is 0.222 e. The minimum atomic E-state index is 0.290. The summed E-state index contributed by atoms with van der Waals surface area (Å²) in [5.74, 6) is 0.652. The van der Waals surface area contributed by atoms with E-state index in [1.165, 1.54) is 0 Å². The third kappa shape index (κ3) is 3.14. The lowest BCUT2D eigenvalue weighted by molar-refractivity contribution is 0.792. The van der Waals surface area contributed by atoms with Crippen LogP contribution >= 0.6 is 15.9 Å². The zero-order valence-corrected chi connectivity index (χ0v) is 12.9. The number of aromatic nitrogens is 2. The zero-order valence-electron chi connectivity index (χ0n) is 11.3. The molecule has 3 rings (SSSR count). The molecule has 1 aromatic carbocycles. The quantitative estimate of drug-likeness (QED) is 0.928. The van der Waals surface area contributed by atoms with Gasteiger partial charge in [0.25, 0.3) is 0 Å². The van der Waals surface area contributed by atoms with Crippen molar-refractivity contribution < 1.29 is 0 Å². The molecule has 0 aliphatic carbocycles. The highest BCUT2D eigenvalue weighted by atomic mass is 79.9. The zero-order chi connectivity index (χ0) is 14.7. The van der Waals surface area contributed by atoms with Gasteiger partial charge in [-0.2, -0.15) is 5.26 Å². The predicted octanol–water partition coefficient (Wildman–Crippen LogP) is 2.80. The van der Waals surface area contributed by atoms with Crippen molar-refractivity contribution in [3.05, 3.63) is 46.7 Å². The Bertz CT molecular complexity index is 668. The van der Waals surface area contributed by atoms with Crippen LogP contribution in [0.2, 0.25) is 0 Å². The molecule has 1 aromatic heterocycles. The second-order valence-corrected chi connectivity index (χ2v) is 5.84. The van der Waals surface area contributed by atoms with Crippen molar-refractivity contribution in [1.29, 1.82) is 5.26 Å². The van der Waals surface area contributed by atoms with Crippen LogP contribution in [0.15, 0.2) is 41.1 Å². The number of benzene rings is 1. The molecule has 1 saturated heterocycles. The number of nitriles is 1. The predicted molar refractivity (Wildman–Crippen MR) is 85.1 cm³/mol. The molecular weight excluding hydrogens is 330 g/mol. The minimum Gasteiger partial charge on any atom is -0.368 e. The van der Waals surface area contributed by atoms with Gasteiger partial charge in [-0.3, -0.25) is 0 Å². The molecule has 21 heavy (non-hydrogen) atoms. The van der Waals surface area contributed by atoms with Crippen molar-refractivity contribution in [2.24, 2.45) is 0 Å². The first-order chi connectivity index (χ1) is 10.3. The van der Waals surface area contributed by atoms with Gasteiger partial charge in [-0.25, -0.2) is 9.97 Å². The SMILES string of the molecule is N#Cc1ccc(Br)cc1N1CCC(Nc2ncccn2)C1. The Morgan fingerprint density at radius 2 is 2.14 bits per heavy atom. The lowest BCUT2D eigenvalue weighted by Gasteiger charge is -2.20. The highest BCUT2D eigenvalue weighted by Gasteiger charge is 2.24. The molecule has 106 valence electrons. The van der Waals surface area contributed by atoms with E-state index >= 15 is 0 Å². The molecule has 2 aromatic rings. The van der Waals surface area contributed by atoms with Crippen LogP contribution in [-0.2, 0) is 0 Å². The summed E-state index contributed by atoms with van der Waals surface area (Å²) in [4.78, 5) is 10.6. The average molecular weight is 344 g/mol. The van der Waals surface area contributed by atoms with E-state index in [2.05, 4.69) is 42.2 Å². The minimum absolute atomic E-state index is 0.290. The molecule has 2 heterocycles. The molecule has 1 atom stereocenters. The smallest absolute Gasteiger partial charge is 0.222 e. The number of anilines is 2. The van der Waals surface area contributed by atoms with Gasteiger partial charge < -0.3 is 10.2 Å². The Balaban J connectivity index is 1.73. The molecule has 6 heteroatoms. The molecule has 0 amide bonds.